The van der Waals surface area contributed by atoms with Crippen molar-refractivity contribution in [2.24, 2.45) is 0 Å². The number of unbranched alkanes of at least 4 members (excludes halogenated alkanes) is 1. The zero-order valence-corrected chi connectivity index (χ0v) is 11.6. The second-order valence-electron chi connectivity index (χ2n) is 4.26. The van der Waals surface area contributed by atoms with Crippen LogP contribution in [0.3, 0.4) is 0 Å². The first-order valence-electron chi connectivity index (χ1n) is 5.82. The molecule has 1 aromatic carbocycles. The van der Waals surface area contributed by atoms with Gasteiger partial charge >= 0.3 is 0 Å². The van der Waals surface area contributed by atoms with Crippen LogP contribution in [-0.4, -0.2) is 11.1 Å². The van der Waals surface area contributed by atoms with Gasteiger partial charge in [0.2, 0.25) is 0 Å². The first-order chi connectivity index (χ1) is 7.65. The number of benzene rings is 1. The average molecular weight is 283 g/mol. The molecule has 0 aliphatic carbocycles. The minimum absolute atomic E-state index is 0.137. The van der Waals surface area contributed by atoms with E-state index in [4.69, 9.17) is 0 Å². The van der Waals surface area contributed by atoms with Crippen LogP contribution in [0.5, 0.6) is 0 Å². The second kappa shape index (κ2) is 6.85. The van der Waals surface area contributed by atoms with E-state index < -0.39 is 0 Å². The van der Waals surface area contributed by atoms with Gasteiger partial charge in [0.05, 0.1) is 0 Å². The first-order valence-corrected chi connectivity index (χ1v) is 6.94. The van der Waals surface area contributed by atoms with Crippen molar-refractivity contribution >= 4 is 21.7 Å². The molecule has 0 aliphatic rings. The predicted octanol–water partition coefficient (Wildman–Crippen LogP) is 4.56. The van der Waals surface area contributed by atoms with E-state index in [1.54, 1.807) is 6.92 Å². The lowest BCUT2D eigenvalue weighted by Crippen LogP contribution is -1.96. The van der Waals surface area contributed by atoms with Crippen molar-refractivity contribution < 1.29 is 4.79 Å². The van der Waals surface area contributed by atoms with Crippen LogP contribution in [0.4, 0.5) is 0 Å². The highest BCUT2D eigenvalue weighted by molar-refractivity contribution is 9.09. The topological polar surface area (TPSA) is 17.1 Å². The third-order valence-electron chi connectivity index (χ3n) is 2.91. The molecule has 0 fully saturated rings. The number of carbonyl (C=O) groups excluding carboxylic acids is 1. The van der Waals surface area contributed by atoms with Gasteiger partial charge in [0.1, 0.15) is 0 Å². The van der Waals surface area contributed by atoms with Gasteiger partial charge in [0, 0.05) is 10.9 Å². The maximum Gasteiger partial charge on any atom is 0.159 e. The van der Waals surface area contributed by atoms with Gasteiger partial charge in [0.15, 0.2) is 5.78 Å². The summed E-state index contributed by atoms with van der Waals surface area (Å²) in [6.07, 6.45) is 3.70. The quantitative estimate of drug-likeness (QED) is 0.425. The molecule has 1 unspecified atom stereocenters. The van der Waals surface area contributed by atoms with Crippen LogP contribution in [0.2, 0.25) is 0 Å². The molecule has 1 nitrogen and oxygen atoms in total. The molecule has 0 amide bonds. The molecule has 0 heterocycles. The van der Waals surface area contributed by atoms with Crippen LogP contribution in [0.15, 0.2) is 24.3 Å². The van der Waals surface area contributed by atoms with Crippen LogP contribution in [0, 0.1) is 0 Å². The van der Waals surface area contributed by atoms with E-state index in [1.807, 2.05) is 12.1 Å². The van der Waals surface area contributed by atoms with Crippen molar-refractivity contribution in [3.8, 4) is 0 Å². The Kier molecular flexibility index (Phi) is 5.75. The van der Waals surface area contributed by atoms with E-state index in [-0.39, 0.29) is 5.78 Å². The third kappa shape index (κ3) is 4.09. The summed E-state index contributed by atoms with van der Waals surface area (Å²) in [7, 11) is 0. The van der Waals surface area contributed by atoms with Crippen molar-refractivity contribution in [3.63, 3.8) is 0 Å². The normalized spacial score (nSPS) is 12.4. The Labute approximate surface area is 106 Å². The highest BCUT2D eigenvalue weighted by Gasteiger charge is 2.06. The zero-order chi connectivity index (χ0) is 12.0. The van der Waals surface area contributed by atoms with Crippen LogP contribution >= 0.6 is 15.9 Å². The predicted molar refractivity (Wildman–Crippen MR) is 72.5 cm³/mol. The van der Waals surface area contributed by atoms with Crippen molar-refractivity contribution in [3.05, 3.63) is 35.4 Å². The summed E-state index contributed by atoms with van der Waals surface area (Å²) in [6, 6.07) is 8.02. The molecule has 1 aromatic rings. The van der Waals surface area contributed by atoms with Crippen LogP contribution < -0.4 is 0 Å². The van der Waals surface area contributed by atoms with Gasteiger partial charge in [-0.25, -0.2) is 0 Å². The second-order valence-corrected chi connectivity index (χ2v) is 5.06. The van der Waals surface area contributed by atoms with Gasteiger partial charge in [-0.2, -0.15) is 0 Å². The number of alkyl halides is 1. The molecular formula is C14H19BrO. The highest BCUT2D eigenvalue weighted by Crippen LogP contribution is 2.22. The number of Topliss-reactive ketones (excluding diaryl/α,β-unsaturated/α-hetero) is 1. The van der Waals surface area contributed by atoms with Crippen molar-refractivity contribution in [2.75, 3.05) is 5.33 Å². The molecular weight excluding hydrogens is 264 g/mol. The Bertz CT molecular complexity index is 329. The molecule has 0 radical (unpaired) electrons. The summed E-state index contributed by atoms with van der Waals surface area (Å²) in [6.45, 7) is 3.85. The molecule has 0 saturated heterocycles. The number of halogens is 1. The third-order valence-corrected chi connectivity index (χ3v) is 3.47. The Morgan fingerprint density at radius 2 is 1.88 bits per heavy atom. The minimum atomic E-state index is 0.137. The molecule has 0 aromatic heterocycles. The van der Waals surface area contributed by atoms with E-state index in [2.05, 4.69) is 35.0 Å². The molecule has 0 N–H and O–H groups in total. The van der Waals surface area contributed by atoms with Crippen molar-refractivity contribution in [1.29, 1.82) is 0 Å². The average Bonchev–Trinajstić information content (AvgIpc) is 2.29. The van der Waals surface area contributed by atoms with E-state index in [1.165, 1.54) is 24.8 Å². The van der Waals surface area contributed by atoms with E-state index in [0.717, 1.165) is 10.9 Å². The fourth-order valence-corrected chi connectivity index (χ4v) is 2.15. The number of hydrogen-bond donors (Lipinski definition) is 0. The lowest BCUT2D eigenvalue weighted by molar-refractivity contribution is 0.101. The van der Waals surface area contributed by atoms with Gasteiger partial charge in [-0.05, 0) is 31.2 Å². The van der Waals surface area contributed by atoms with Gasteiger partial charge in [-0.3, -0.25) is 4.79 Å². The van der Waals surface area contributed by atoms with Crippen LogP contribution in [-0.2, 0) is 0 Å². The molecule has 0 aliphatic heterocycles. The maximum atomic E-state index is 11.1. The van der Waals surface area contributed by atoms with E-state index in [0.29, 0.717) is 5.92 Å². The maximum absolute atomic E-state index is 11.1. The van der Waals surface area contributed by atoms with Crippen molar-refractivity contribution in [1.82, 2.24) is 0 Å². The zero-order valence-electron chi connectivity index (χ0n) is 10.0. The highest BCUT2D eigenvalue weighted by atomic mass is 79.9. The summed E-state index contributed by atoms with van der Waals surface area (Å²) >= 11 is 3.44. The van der Waals surface area contributed by atoms with Crippen molar-refractivity contribution in [2.45, 2.75) is 39.0 Å². The summed E-state index contributed by atoms with van der Waals surface area (Å²) < 4.78 is 0. The molecule has 2 heteroatoms. The van der Waals surface area contributed by atoms with Crippen LogP contribution in [0.1, 0.15) is 54.9 Å². The minimum Gasteiger partial charge on any atom is -0.295 e. The smallest absolute Gasteiger partial charge is 0.159 e. The van der Waals surface area contributed by atoms with Gasteiger partial charge in [-0.1, -0.05) is 53.5 Å². The Hall–Kier alpha value is -0.630. The fraction of sp³-hybridized carbons (Fsp3) is 0.500. The monoisotopic (exact) mass is 282 g/mol. The molecule has 1 atom stereocenters. The van der Waals surface area contributed by atoms with E-state index in [9.17, 15) is 4.79 Å². The number of rotatable bonds is 6. The summed E-state index contributed by atoms with van der Waals surface area (Å²) in [5.41, 5.74) is 2.14. The molecule has 0 saturated carbocycles. The Morgan fingerprint density at radius 3 is 2.38 bits per heavy atom. The van der Waals surface area contributed by atoms with Gasteiger partial charge < -0.3 is 0 Å². The van der Waals surface area contributed by atoms with E-state index >= 15 is 0 Å². The summed E-state index contributed by atoms with van der Waals surface area (Å²) in [4.78, 5) is 11.1. The molecule has 1 rings (SSSR count). The SMILES string of the molecule is CC(=O)c1ccc(C(C)CCCCBr)cc1. The fourth-order valence-electron chi connectivity index (χ4n) is 1.76. The van der Waals surface area contributed by atoms with Gasteiger partial charge in [-0.15, -0.1) is 0 Å². The molecule has 0 spiro atoms. The van der Waals surface area contributed by atoms with Crippen LogP contribution in [0.25, 0.3) is 0 Å². The number of ketones is 1. The Balaban J connectivity index is 2.56. The lowest BCUT2D eigenvalue weighted by Gasteiger charge is -2.11. The summed E-state index contributed by atoms with van der Waals surface area (Å²) in [5.74, 6) is 0.721. The Morgan fingerprint density at radius 1 is 1.25 bits per heavy atom. The first kappa shape index (κ1) is 13.4. The lowest BCUT2D eigenvalue weighted by atomic mass is 9.94. The van der Waals surface area contributed by atoms with Gasteiger partial charge in [0.25, 0.3) is 0 Å². The standard InChI is InChI=1S/C14H19BrO/c1-11(5-3-4-10-15)13-6-8-14(9-7-13)12(2)16/h6-9,11H,3-5,10H2,1-2H3. The number of carbonyl (C=O) groups is 1. The number of hydrogen-bond acceptors (Lipinski definition) is 1. The molecule has 0 bridgehead atoms. The molecule has 88 valence electrons. The largest absolute Gasteiger partial charge is 0.295 e. The molecule has 16 heavy (non-hydrogen) atoms. The summed E-state index contributed by atoms with van der Waals surface area (Å²) in [5, 5.41) is 1.09.